The third-order valence-electron chi connectivity index (χ3n) is 2.21. The number of halogens is 1. The zero-order chi connectivity index (χ0) is 7.56. The molecule has 0 amide bonds. The summed E-state index contributed by atoms with van der Waals surface area (Å²) in [6.45, 7) is 5.99. The fraction of sp³-hybridized carbons (Fsp3) is 1.00. The van der Waals surface area contributed by atoms with Crippen molar-refractivity contribution in [2.45, 2.75) is 13.0 Å². The van der Waals surface area contributed by atoms with Crippen molar-refractivity contribution in [3.63, 3.8) is 0 Å². The maximum absolute atomic E-state index is 2.49. The van der Waals surface area contributed by atoms with Crippen LogP contribution in [0.1, 0.15) is 6.92 Å². The van der Waals surface area contributed by atoms with Gasteiger partial charge in [-0.3, -0.25) is 4.90 Å². The Balaban J connectivity index is 2.33. The van der Waals surface area contributed by atoms with Gasteiger partial charge in [0.05, 0.1) is 4.55 Å². The zero-order valence-corrected chi connectivity index (χ0v) is 8.84. The molecule has 1 aliphatic heterocycles. The molecule has 1 heterocycles. The van der Waals surface area contributed by atoms with Crippen molar-refractivity contribution < 1.29 is 0 Å². The second-order valence-electron chi connectivity index (χ2n) is 3.03. The lowest BCUT2D eigenvalue weighted by molar-refractivity contribution is 0.123. The summed E-state index contributed by atoms with van der Waals surface area (Å²) in [5.41, 5.74) is 0. The van der Waals surface area contributed by atoms with Gasteiger partial charge in [-0.15, -0.1) is 0 Å². The van der Waals surface area contributed by atoms with Crippen LogP contribution in [0.3, 0.4) is 0 Å². The van der Waals surface area contributed by atoms with E-state index < -0.39 is 0 Å². The fourth-order valence-corrected chi connectivity index (χ4v) is 1.85. The van der Waals surface area contributed by atoms with Crippen molar-refractivity contribution in [2.75, 3.05) is 31.2 Å². The Morgan fingerprint density at radius 2 is 2.20 bits per heavy atom. The second-order valence-corrected chi connectivity index (χ2v) is 3.71. The van der Waals surface area contributed by atoms with E-state index >= 15 is 0 Å². The summed E-state index contributed by atoms with van der Waals surface area (Å²) in [5.74, 6) is 0. The number of rotatable bonds is 1. The van der Waals surface area contributed by atoms with E-state index in [0.29, 0.717) is 0 Å². The van der Waals surface area contributed by atoms with Crippen molar-refractivity contribution in [3.8, 4) is 0 Å². The fourth-order valence-electron chi connectivity index (χ4n) is 1.23. The number of likely N-dealkylation sites (N-methyl/N-ethyl adjacent to an activating group) is 1. The molecule has 60 valence electrons. The maximum Gasteiger partial charge on any atom is 0.0506 e. The average Bonchev–Trinajstić information content (AvgIpc) is 1.95. The molecule has 3 heteroatoms. The van der Waals surface area contributed by atoms with E-state index in [-0.39, 0.29) is 0 Å². The van der Waals surface area contributed by atoms with E-state index in [1.54, 1.807) is 0 Å². The summed E-state index contributed by atoms with van der Waals surface area (Å²) in [5, 5.41) is 0. The molecule has 0 N–H and O–H groups in total. The second kappa shape index (κ2) is 3.88. The lowest BCUT2D eigenvalue weighted by Crippen LogP contribution is -2.49. The number of hydrogen-bond acceptors (Lipinski definition) is 2. The molecule has 10 heavy (non-hydrogen) atoms. The van der Waals surface area contributed by atoms with Gasteiger partial charge in [0, 0.05) is 25.7 Å². The third kappa shape index (κ3) is 2.07. The van der Waals surface area contributed by atoms with Gasteiger partial charge in [0.15, 0.2) is 0 Å². The van der Waals surface area contributed by atoms with Crippen LogP contribution in [-0.2, 0) is 0 Å². The number of hydrogen-bond donors (Lipinski definition) is 0. The first-order valence-corrected chi connectivity index (χ1v) is 5.25. The Labute approximate surface area is 76.7 Å². The van der Waals surface area contributed by atoms with E-state index in [0.717, 1.165) is 6.04 Å². The Hall–Kier alpha value is 0.650. The van der Waals surface area contributed by atoms with Gasteiger partial charge in [-0.2, -0.15) is 0 Å². The summed E-state index contributed by atoms with van der Waals surface area (Å²) >= 11 is 2.43. The molecule has 0 aromatic heterocycles. The summed E-state index contributed by atoms with van der Waals surface area (Å²) in [6.07, 6.45) is 0. The minimum Gasteiger partial charge on any atom is -0.301 e. The molecule has 1 fully saturated rings. The van der Waals surface area contributed by atoms with Crippen molar-refractivity contribution >= 4 is 22.6 Å². The van der Waals surface area contributed by atoms with Crippen LogP contribution in [0, 0.1) is 0 Å². The van der Waals surface area contributed by atoms with Crippen LogP contribution in [0.5, 0.6) is 0 Å². The minimum atomic E-state index is 0.739. The molecule has 0 bridgehead atoms. The summed E-state index contributed by atoms with van der Waals surface area (Å²) in [4.78, 5) is 4.91. The Bertz CT molecular complexity index is 108. The summed E-state index contributed by atoms with van der Waals surface area (Å²) in [6, 6.07) is 0.739. The van der Waals surface area contributed by atoms with Gasteiger partial charge in [-0.05, 0) is 14.0 Å². The van der Waals surface area contributed by atoms with E-state index in [2.05, 4.69) is 46.4 Å². The van der Waals surface area contributed by atoms with Crippen LogP contribution in [0.2, 0.25) is 0 Å². The summed E-state index contributed by atoms with van der Waals surface area (Å²) in [7, 11) is 2.20. The van der Waals surface area contributed by atoms with Gasteiger partial charge in [-0.25, -0.2) is 0 Å². The van der Waals surface area contributed by atoms with Crippen LogP contribution < -0.4 is 0 Å². The molecular weight excluding hydrogens is 239 g/mol. The highest BCUT2D eigenvalue weighted by molar-refractivity contribution is 14.1. The van der Waals surface area contributed by atoms with Crippen LogP contribution >= 0.6 is 22.6 Å². The van der Waals surface area contributed by atoms with Gasteiger partial charge < -0.3 is 4.90 Å². The molecule has 0 aliphatic carbocycles. The largest absolute Gasteiger partial charge is 0.301 e. The molecule has 1 rings (SSSR count). The van der Waals surface area contributed by atoms with Crippen molar-refractivity contribution in [3.05, 3.63) is 0 Å². The highest BCUT2D eigenvalue weighted by atomic mass is 127. The van der Waals surface area contributed by atoms with E-state index in [1.165, 1.54) is 24.2 Å². The van der Waals surface area contributed by atoms with E-state index in [4.69, 9.17) is 0 Å². The van der Waals surface area contributed by atoms with Gasteiger partial charge in [0.1, 0.15) is 0 Å². The smallest absolute Gasteiger partial charge is 0.0506 e. The van der Waals surface area contributed by atoms with Crippen LogP contribution in [0.25, 0.3) is 0 Å². The van der Waals surface area contributed by atoms with E-state index in [1.807, 2.05) is 0 Å². The van der Waals surface area contributed by atoms with Gasteiger partial charge in [-0.1, -0.05) is 22.6 Å². The Kier molecular flexibility index (Phi) is 3.39. The number of nitrogens with zero attached hydrogens (tertiary/aromatic N) is 2. The van der Waals surface area contributed by atoms with Crippen molar-refractivity contribution in [1.82, 2.24) is 9.80 Å². The number of piperazine rings is 1. The molecule has 1 unspecified atom stereocenters. The zero-order valence-electron chi connectivity index (χ0n) is 6.68. The van der Waals surface area contributed by atoms with Crippen molar-refractivity contribution in [1.29, 1.82) is 0 Å². The lowest BCUT2D eigenvalue weighted by Gasteiger charge is -2.36. The lowest BCUT2D eigenvalue weighted by atomic mass is 10.2. The van der Waals surface area contributed by atoms with Crippen LogP contribution in [0.4, 0.5) is 0 Å². The normalized spacial score (nSPS) is 30.9. The highest BCUT2D eigenvalue weighted by Gasteiger charge is 2.18. The van der Waals surface area contributed by atoms with Gasteiger partial charge >= 0.3 is 0 Å². The third-order valence-corrected chi connectivity index (χ3v) is 3.18. The molecule has 0 aromatic rings. The maximum atomic E-state index is 2.49. The Morgan fingerprint density at radius 3 is 2.70 bits per heavy atom. The quantitative estimate of drug-likeness (QED) is 0.391. The molecule has 0 aromatic carbocycles. The first-order valence-electron chi connectivity index (χ1n) is 3.72. The number of alkyl halides is 1. The highest BCUT2D eigenvalue weighted by Crippen LogP contribution is 2.07. The molecular formula is C7H15IN2. The summed E-state index contributed by atoms with van der Waals surface area (Å²) < 4.78 is 1.18. The molecule has 0 saturated carbocycles. The van der Waals surface area contributed by atoms with Crippen LogP contribution in [0.15, 0.2) is 0 Å². The first-order chi connectivity index (χ1) is 4.74. The SMILES string of the molecule is CC1CN(CI)CCN1C. The molecule has 1 atom stereocenters. The van der Waals surface area contributed by atoms with E-state index in [9.17, 15) is 0 Å². The van der Waals surface area contributed by atoms with Crippen LogP contribution in [-0.4, -0.2) is 47.1 Å². The van der Waals surface area contributed by atoms with Gasteiger partial charge in [0.25, 0.3) is 0 Å². The topological polar surface area (TPSA) is 6.48 Å². The molecule has 0 spiro atoms. The van der Waals surface area contributed by atoms with Crippen molar-refractivity contribution in [2.24, 2.45) is 0 Å². The standard InChI is InChI=1S/C7H15IN2/c1-7-5-10(6-8)4-3-9(7)2/h7H,3-6H2,1-2H3. The molecule has 1 saturated heterocycles. The molecule has 0 radical (unpaired) electrons. The Morgan fingerprint density at radius 1 is 1.50 bits per heavy atom. The van der Waals surface area contributed by atoms with Gasteiger partial charge in [0.2, 0.25) is 0 Å². The predicted octanol–water partition coefficient (Wildman–Crippen LogP) is 1.01. The molecule has 2 nitrogen and oxygen atoms in total. The predicted molar refractivity (Wildman–Crippen MR) is 52.6 cm³/mol. The average molecular weight is 254 g/mol. The first kappa shape index (κ1) is 8.74. The monoisotopic (exact) mass is 254 g/mol. The minimum absolute atomic E-state index is 0.739. The molecule has 1 aliphatic rings.